The lowest BCUT2D eigenvalue weighted by Gasteiger charge is -2.29. The first-order valence-corrected chi connectivity index (χ1v) is 5.50. The van der Waals surface area contributed by atoms with Gasteiger partial charge in [-0.3, -0.25) is 0 Å². The summed E-state index contributed by atoms with van der Waals surface area (Å²) in [7, 11) is 0. The Morgan fingerprint density at radius 3 is 2.38 bits per heavy atom. The molecule has 0 fully saturated rings. The van der Waals surface area contributed by atoms with Crippen LogP contribution >= 0.6 is 0 Å². The second-order valence-corrected chi connectivity index (χ2v) is 5.25. The summed E-state index contributed by atoms with van der Waals surface area (Å²) in [5.74, 6) is -0.379. The van der Waals surface area contributed by atoms with Crippen LogP contribution in [0.3, 0.4) is 0 Å². The minimum Gasteiger partial charge on any atom is -0.388 e. The normalized spacial score (nSPS) is 15.9. The molecule has 3 heteroatoms. The molecule has 0 saturated carbocycles. The lowest BCUT2D eigenvalue weighted by atomic mass is 9.83. The first kappa shape index (κ1) is 13.1. The highest BCUT2D eigenvalue weighted by Gasteiger charge is 2.24. The summed E-state index contributed by atoms with van der Waals surface area (Å²) < 4.78 is 13.4. The van der Waals surface area contributed by atoms with Crippen molar-refractivity contribution in [2.24, 2.45) is 11.1 Å². The highest BCUT2D eigenvalue weighted by atomic mass is 19.1. The number of benzene rings is 1. The maximum Gasteiger partial charge on any atom is 0.128 e. The van der Waals surface area contributed by atoms with Gasteiger partial charge in [-0.1, -0.05) is 39.0 Å². The number of hydrogen-bond donors (Lipinski definition) is 2. The molecule has 0 aromatic heterocycles. The predicted molar refractivity (Wildman–Crippen MR) is 63.4 cm³/mol. The second kappa shape index (κ2) is 4.93. The molecule has 2 atom stereocenters. The van der Waals surface area contributed by atoms with Crippen molar-refractivity contribution < 1.29 is 9.50 Å². The van der Waals surface area contributed by atoms with Crippen LogP contribution in [0.5, 0.6) is 0 Å². The van der Waals surface area contributed by atoms with Gasteiger partial charge in [-0.2, -0.15) is 0 Å². The fourth-order valence-electron chi connectivity index (χ4n) is 1.47. The van der Waals surface area contributed by atoms with Gasteiger partial charge in [0.05, 0.1) is 6.10 Å². The monoisotopic (exact) mass is 225 g/mol. The van der Waals surface area contributed by atoms with Crippen molar-refractivity contribution in [2.75, 3.05) is 0 Å². The van der Waals surface area contributed by atoms with Gasteiger partial charge in [-0.05, 0) is 17.9 Å². The molecule has 0 amide bonds. The lowest BCUT2D eigenvalue weighted by Crippen LogP contribution is -2.36. The Kier molecular flexibility index (Phi) is 4.05. The Labute approximate surface area is 96.3 Å². The smallest absolute Gasteiger partial charge is 0.128 e. The topological polar surface area (TPSA) is 46.2 Å². The maximum atomic E-state index is 13.4. The summed E-state index contributed by atoms with van der Waals surface area (Å²) in [5.41, 5.74) is 6.19. The Morgan fingerprint density at radius 1 is 1.31 bits per heavy atom. The molecular formula is C13H20FNO. The Bertz CT molecular complexity index is 346. The van der Waals surface area contributed by atoms with E-state index in [0.29, 0.717) is 12.0 Å². The number of nitrogens with two attached hydrogens (primary N) is 1. The molecule has 1 aromatic carbocycles. The minimum absolute atomic E-state index is 0.0910. The van der Waals surface area contributed by atoms with Gasteiger partial charge in [0.2, 0.25) is 0 Å². The van der Waals surface area contributed by atoms with Gasteiger partial charge in [0.1, 0.15) is 5.82 Å². The number of aliphatic hydroxyl groups excluding tert-OH is 1. The first-order chi connectivity index (χ1) is 7.32. The minimum atomic E-state index is -0.838. The molecule has 0 aliphatic rings. The van der Waals surface area contributed by atoms with E-state index in [-0.39, 0.29) is 17.3 Å². The van der Waals surface area contributed by atoms with Gasteiger partial charge in [-0.25, -0.2) is 4.39 Å². The number of hydrogen-bond acceptors (Lipinski definition) is 2. The maximum absolute atomic E-state index is 13.4. The van der Waals surface area contributed by atoms with Gasteiger partial charge in [0.25, 0.3) is 0 Å². The third-order valence-electron chi connectivity index (χ3n) is 2.85. The van der Waals surface area contributed by atoms with Gasteiger partial charge in [0.15, 0.2) is 0 Å². The Hall–Kier alpha value is -0.930. The molecule has 0 heterocycles. The van der Waals surface area contributed by atoms with Crippen molar-refractivity contribution in [3.8, 4) is 0 Å². The molecule has 0 unspecified atom stereocenters. The second-order valence-electron chi connectivity index (χ2n) is 5.25. The standard InChI is InChI=1S/C13H20FNO/c1-13(2,3)12(15)8-11(16)9-6-4-5-7-10(9)14/h4-7,11-12,16H,8,15H2,1-3H3/t11-,12-/m1/s1. The highest BCUT2D eigenvalue weighted by Crippen LogP contribution is 2.27. The van der Waals surface area contributed by atoms with E-state index in [1.807, 2.05) is 20.8 Å². The molecule has 16 heavy (non-hydrogen) atoms. The summed E-state index contributed by atoms with van der Waals surface area (Å²) in [6.45, 7) is 6.02. The largest absolute Gasteiger partial charge is 0.388 e. The molecule has 1 rings (SSSR count). The van der Waals surface area contributed by atoms with Gasteiger partial charge >= 0.3 is 0 Å². The summed E-state index contributed by atoms with van der Waals surface area (Å²) in [6.07, 6.45) is -0.472. The molecule has 0 saturated heterocycles. The average molecular weight is 225 g/mol. The van der Waals surface area contributed by atoms with Crippen LogP contribution in [0.4, 0.5) is 4.39 Å². The van der Waals surface area contributed by atoms with Gasteiger partial charge in [0, 0.05) is 11.6 Å². The van der Waals surface area contributed by atoms with Crippen molar-refractivity contribution in [3.05, 3.63) is 35.6 Å². The van der Waals surface area contributed by atoms with Crippen LogP contribution in [-0.2, 0) is 0 Å². The summed E-state index contributed by atoms with van der Waals surface area (Å²) in [5, 5.41) is 9.92. The quantitative estimate of drug-likeness (QED) is 0.830. The summed E-state index contributed by atoms with van der Waals surface area (Å²) >= 11 is 0. The van der Waals surface area contributed by atoms with E-state index < -0.39 is 6.10 Å². The van der Waals surface area contributed by atoms with Crippen molar-refractivity contribution in [2.45, 2.75) is 39.3 Å². The number of aliphatic hydroxyl groups is 1. The van der Waals surface area contributed by atoms with E-state index in [2.05, 4.69) is 0 Å². The number of rotatable bonds is 3. The third-order valence-corrected chi connectivity index (χ3v) is 2.85. The van der Waals surface area contributed by atoms with Crippen LogP contribution in [-0.4, -0.2) is 11.1 Å². The summed E-state index contributed by atoms with van der Waals surface area (Å²) in [6, 6.07) is 6.10. The zero-order chi connectivity index (χ0) is 12.3. The molecule has 0 aliphatic carbocycles. The first-order valence-electron chi connectivity index (χ1n) is 5.50. The SMILES string of the molecule is CC(C)(C)[C@H](N)C[C@@H](O)c1ccccc1F. The zero-order valence-electron chi connectivity index (χ0n) is 10.1. The fraction of sp³-hybridized carbons (Fsp3) is 0.538. The molecule has 1 aromatic rings. The highest BCUT2D eigenvalue weighted by molar-refractivity contribution is 5.20. The zero-order valence-corrected chi connectivity index (χ0v) is 10.1. The van der Waals surface area contributed by atoms with Crippen LogP contribution in [0.15, 0.2) is 24.3 Å². The van der Waals surface area contributed by atoms with Gasteiger partial charge < -0.3 is 10.8 Å². The molecule has 0 bridgehead atoms. The van der Waals surface area contributed by atoms with Crippen LogP contribution in [0.1, 0.15) is 38.9 Å². The molecule has 3 N–H and O–H groups in total. The molecule has 90 valence electrons. The van der Waals surface area contributed by atoms with E-state index in [4.69, 9.17) is 5.73 Å². The molecule has 0 spiro atoms. The van der Waals surface area contributed by atoms with Crippen LogP contribution in [0, 0.1) is 11.2 Å². The van der Waals surface area contributed by atoms with Crippen molar-refractivity contribution >= 4 is 0 Å². The van der Waals surface area contributed by atoms with Gasteiger partial charge in [-0.15, -0.1) is 0 Å². The summed E-state index contributed by atoms with van der Waals surface area (Å²) in [4.78, 5) is 0. The predicted octanol–water partition coefficient (Wildman–Crippen LogP) is 2.62. The van der Waals surface area contributed by atoms with Crippen molar-refractivity contribution in [1.82, 2.24) is 0 Å². The van der Waals surface area contributed by atoms with Crippen molar-refractivity contribution in [1.29, 1.82) is 0 Å². The van der Waals surface area contributed by atoms with E-state index in [0.717, 1.165) is 0 Å². The molecular weight excluding hydrogens is 205 g/mol. The van der Waals surface area contributed by atoms with Crippen LogP contribution in [0.25, 0.3) is 0 Å². The third kappa shape index (κ3) is 3.29. The van der Waals surface area contributed by atoms with E-state index in [1.165, 1.54) is 6.07 Å². The van der Waals surface area contributed by atoms with Crippen LogP contribution in [0.2, 0.25) is 0 Å². The van der Waals surface area contributed by atoms with E-state index in [9.17, 15) is 9.50 Å². The molecule has 0 radical (unpaired) electrons. The average Bonchev–Trinajstić information content (AvgIpc) is 2.16. The van der Waals surface area contributed by atoms with Crippen LogP contribution < -0.4 is 5.73 Å². The van der Waals surface area contributed by atoms with E-state index in [1.54, 1.807) is 18.2 Å². The molecule has 0 aliphatic heterocycles. The Morgan fingerprint density at radius 2 is 1.88 bits per heavy atom. The van der Waals surface area contributed by atoms with Crippen molar-refractivity contribution in [3.63, 3.8) is 0 Å². The lowest BCUT2D eigenvalue weighted by molar-refractivity contribution is 0.130. The molecule has 2 nitrogen and oxygen atoms in total. The number of halogens is 1. The van der Waals surface area contributed by atoms with E-state index >= 15 is 0 Å². The fourth-order valence-corrected chi connectivity index (χ4v) is 1.47. The Balaban J connectivity index is 2.73.